The fourth-order valence-electron chi connectivity index (χ4n) is 3.27. The van der Waals surface area contributed by atoms with Crippen LogP contribution >= 0.6 is 0 Å². The van der Waals surface area contributed by atoms with Crippen molar-refractivity contribution in [2.45, 2.75) is 13.0 Å². The molecule has 30 heavy (non-hydrogen) atoms. The molecule has 0 aliphatic carbocycles. The molecule has 3 rings (SSSR count). The van der Waals surface area contributed by atoms with Gasteiger partial charge in [-0.05, 0) is 55.5 Å². The van der Waals surface area contributed by atoms with Crippen molar-refractivity contribution >= 4 is 27.3 Å². The van der Waals surface area contributed by atoms with Crippen LogP contribution in [0.15, 0.2) is 48.5 Å². The third kappa shape index (κ3) is 5.21. The van der Waals surface area contributed by atoms with Gasteiger partial charge in [0, 0.05) is 38.9 Å². The third-order valence-electron chi connectivity index (χ3n) is 5.14. The monoisotopic (exact) mass is 435 g/mol. The van der Waals surface area contributed by atoms with E-state index in [2.05, 4.69) is 4.90 Å². The van der Waals surface area contributed by atoms with Crippen molar-refractivity contribution in [1.29, 1.82) is 0 Å². The quantitative estimate of drug-likeness (QED) is 0.697. The number of hydrogen-bond donors (Lipinski definition) is 0. The number of benzene rings is 2. The van der Waals surface area contributed by atoms with Crippen LogP contribution < -0.4 is 13.9 Å². The second-order valence-corrected chi connectivity index (χ2v) is 9.29. The molecule has 0 unspecified atom stereocenters. The van der Waals surface area contributed by atoms with Gasteiger partial charge >= 0.3 is 0 Å². The summed E-state index contributed by atoms with van der Waals surface area (Å²) in [7, 11) is -1.86. The summed E-state index contributed by atoms with van der Waals surface area (Å²) in [6, 6.07) is 12.9. The van der Waals surface area contributed by atoms with Crippen LogP contribution in [0.2, 0.25) is 0 Å². The molecular formula is C21H26FN3O4S. The van der Waals surface area contributed by atoms with Crippen LogP contribution in [-0.4, -0.2) is 64.8 Å². The molecule has 0 saturated carbocycles. The predicted molar refractivity (Wildman–Crippen MR) is 115 cm³/mol. The van der Waals surface area contributed by atoms with Crippen molar-refractivity contribution in [3.8, 4) is 5.75 Å². The van der Waals surface area contributed by atoms with E-state index in [0.29, 0.717) is 37.6 Å². The lowest BCUT2D eigenvalue weighted by atomic mass is 10.2. The van der Waals surface area contributed by atoms with Crippen molar-refractivity contribution < 1.29 is 22.3 Å². The first kappa shape index (κ1) is 21.9. The Morgan fingerprint density at radius 3 is 2.13 bits per heavy atom. The molecule has 0 N–H and O–H groups in total. The van der Waals surface area contributed by atoms with Gasteiger partial charge in [0.05, 0.1) is 11.9 Å². The standard InChI is InChI=1S/C21H26FN3O4S/c1-16(29-20-10-8-18(9-11-20)23(2)30(3,27)28)21(26)25-14-12-24(13-15-25)19-6-4-17(22)5-7-19/h4-11,16H,12-15H2,1-3H3/t16-/m1/s1. The van der Waals surface area contributed by atoms with Gasteiger partial charge in [0.2, 0.25) is 10.0 Å². The van der Waals surface area contributed by atoms with Gasteiger partial charge in [-0.25, -0.2) is 12.8 Å². The molecule has 0 spiro atoms. The first-order valence-electron chi connectivity index (χ1n) is 9.65. The highest BCUT2D eigenvalue weighted by Crippen LogP contribution is 2.22. The van der Waals surface area contributed by atoms with Gasteiger partial charge in [-0.3, -0.25) is 9.10 Å². The number of ether oxygens (including phenoxy) is 1. The molecule has 2 aromatic rings. The van der Waals surface area contributed by atoms with Crippen molar-refractivity contribution in [2.24, 2.45) is 0 Å². The average Bonchev–Trinajstić information content (AvgIpc) is 2.73. The minimum Gasteiger partial charge on any atom is -0.481 e. The predicted octanol–water partition coefficient (Wildman–Crippen LogP) is 2.34. The zero-order chi connectivity index (χ0) is 21.9. The molecule has 1 heterocycles. The van der Waals surface area contributed by atoms with Crippen LogP contribution in [0.3, 0.4) is 0 Å². The maximum absolute atomic E-state index is 13.1. The molecule has 9 heteroatoms. The summed E-state index contributed by atoms with van der Waals surface area (Å²) in [4.78, 5) is 16.6. The summed E-state index contributed by atoms with van der Waals surface area (Å²) in [5.74, 6) is 0.118. The maximum Gasteiger partial charge on any atom is 0.263 e. The Hall–Kier alpha value is -2.81. The van der Waals surface area contributed by atoms with Crippen molar-refractivity contribution in [1.82, 2.24) is 4.90 Å². The molecule has 1 atom stereocenters. The molecule has 1 fully saturated rings. The zero-order valence-corrected chi connectivity index (χ0v) is 18.1. The number of hydrogen-bond acceptors (Lipinski definition) is 5. The van der Waals surface area contributed by atoms with E-state index in [9.17, 15) is 17.6 Å². The van der Waals surface area contributed by atoms with Crippen LogP contribution in [0.5, 0.6) is 5.75 Å². The fraction of sp³-hybridized carbons (Fsp3) is 0.381. The second-order valence-electron chi connectivity index (χ2n) is 7.27. The van der Waals surface area contributed by atoms with E-state index in [1.165, 1.54) is 23.5 Å². The van der Waals surface area contributed by atoms with E-state index >= 15 is 0 Å². The van der Waals surface area contributed by atoms with E-state index in [4.69, 9.17) is 4.74 Å². The van der Waals surface area contributed by atoms with Crippen molar-refractivity contribution in [3.05, 3.63) is 54.3 Å². The summed E-state index contributed by atoms with van der Waals surface area (Å²) < 4.78 is 43.2. The third-order valence-corrected chi connectivity index (χ3v) is 6.35. The lowest BCUT2D eigenvalue weighted by Crippen LogP contribution is -2.52. The Bertz CT molecular complexity index is 972. The molecule has 2 aromatic carbocycles. The molecule has 1 saturated heterocycles. The molecule has 0 aromatic heterocycles. The fourth-order valence-corrected chi connectivity index (χ4v) is 3.78. The molecule has 1 amide bonds. The number of rotatable bonds is 6. The number of sulfonamides is 1. The van der Waals surface area contributed by atoms with Crippen molar-refractivity contribution in [2.75, 3.05) is 48.7 Å². The second kappa shape index (κ2) is 8.91. The maximum atomic E-state index is 13.1. The number of anilines is 2. The van der Waals surface area contributed by atoms with Gasteiger partial charge in [-0.2, -0.15) is 0 Å². The van der Waals surface area contributed by atoms with Crippen LogP contribution in [0.4, 0.5) is 15.8 Å². The minimum atomic E-state index is -3.34. The molecule has 0 radical (unpaired) electrons. The summed E-state index contributed by atoms with van der Waals surface area (Å²) in [6.07, 6.45) is 0.467. The number of carbonyl (C=O) groups excluding carboxylic acids is 1. The summed E-state index contributed by atoms with van der Waals surface area (Å²) in [6.45, 7) is 4.14. The first-order valence-corrected chi connectivity index (χ1v) is 11.5. The van der Waals surface area contributed by atoms with Gasteiger partial charge in [-0.15, -0.1) is 0 Å². The lowest BCUT2D eigenvalue weighted by molar-refractivity contribution is -0.138. The topological polar surface area (TPSA) is 70.2 Å². The van der Waals surface area contributed by atoms with E-state index < -0.39 is 16.1 Å². The largest absolute Gasteiger partial charge is 0.481 e. The van der Waals surface area contributed by atoms with Gasteiger partial charge < -0.3 is 14.5 Å². The molecule has 1 aliphatic heterocycles. The normalized spacial score (nSPS) is 15.6. The Morgan fingerprint density at radius 2 is 1.60 bits per heavy atom. The first-order chi connectivity index (χ1) is 14.1. The SMILES string of the molecule is C[C@@H](Oc1ccc(N(C)S(C)(=O)=O)cc1)C(=O)N1CCN(c2ccc(F)cc2)CC1. The zero-order valence-electron chi connectivity index (χ0n) is 17.3. The molecule has 1 aliphatic rings. The Balaban J connectivity index is 1.54. The highest BCUT2D eigenvalue weighted by molar-refractivity contribution is 7.92. The molecule has 0 bridgehead atoms. The van der Waals surface area contributed by atoms with Gasteiger partial charge in [0.25, 0.3) is 5.91 Å². The molecular weight excluding hydrogens is 409 g/mol. The average molecular weight is 436 g/mol. The number of nitrogens with zero attached hydrogens (tertiary/aromatic N) is 3. The summed E-state index contributed by atoms with van der Waals surface area (Å²) in [5.41, 5.74) is 1.45. The molecule has 7 nitrogen and oxygen atoms in total. The number of carbonyl (C=O) groups is 1. The Morgan fingerprint density at radius 1 is 1.03 bits per heavy atom. The number of halogens is 1. The minimum absolute atomic E-state index is 0.105. The highest BCUT2D eigenvalue weighted by atomic mass is 32.2. The molecule has 162 valence electrons. The lowest BCUT2D eigenvalue weighted by Gasteiger charge is -2.37. The Kier molecular flexibility index (Phi) is 6.50. The number of piperazine rings is 1. The van der Waals surface area contributed by atoms with Gasteiger partial charge in [-0.1, -0.05) is 0 Å². The Labute approximate surface area is 176 Å². The van der Waals surface area contributed by atoms with Crippen molar-refractivity contribution in [3.63, 3.8) is 0 Å². The smallest absolute Gasteiger partial charge is 0.263 e. The van der Waals surface area contributed by atoms with Crippen LogP contribution in [0.1, 0.15) is 6.92 Å². The van der Waals surface area contributed by atoms with Crippen LogP contribution in [0, 0.1) is 5.82 Å². The number of amides is 1. The van der Waals surface area contributed by atoms with E-state index in [1.807, 2.05) is 0 Å². The van der Waals surface area contributed by atoms with E-state index in [1.54, 1.807) is 48.2 Å². The van der Waals surface area contributed by atoms with Crippen LogP contribution in [0.25, 0.3) is 0 Å². The van der Waals surface area contributed by atoms with Gasteiger partial charge in [0.1, 0.15) is 11.6 Å². The highest BCUT2D eigenvalue weighted by Gasteiger charge is 2.26. The van der Waals surface area contributed by atoms with Gasteiger partial charge in [0.15, 0.2) is 6.10 Å². The van der Waals surface area contributed by atoms with E-state index in [0.717, 1.165) is 11.9 Å². The summed E-state index contributed by atoms with van der Waals surface area (Å²) >= 11 is 0. The van der Waals surface area contributed by atoms with Crippen LogP contribution in [-0.2, 0) is 14.8 Å². The summed E-state index contributed by atoms with van der Waals surface area (Å²) in [5, 5.41) is 0. The van der Waals surface area contributed by atoms with E-state index in [-0.39, 0.29) is 11.7 Å².